The molecule has 0 aliphatic heterocycles. The van der Waals surface area contributed by atoms with Crippen LogP contribution in [-0.4, -0.2) is 54.8 Å². The standard InChI is InChI=1S/C11H16ClN3O3/c1-8-13-10(12)9(7-17)11(14-8)15(2)3-5-18-6-4-16/h7,16H,3-6H2,1-2H3. The van der Waals surface area contributed by atoms with E-state index in [1.807, 2.05) is 0 Å². The molecular formula is C11H16ClN3O3. The van der Waals surface area contributed by atoms with E-state index in [9.17, 15) is 4.79 Å². The molecule has 1 heterocycles. The largest absolute Gasteiger partial charge is 0.394 e. The number of hydrogen-bond acceptors (Lipinski definition) is 6. The Labute approximate surface area is 111 Å². The minimum atomic E-state index is -0.0122. The molecular weight excluding hydrogens is 258 g/mol. The summed E-state index contributed by atoms with van der Waals surface area (Å²) in [4.78, 5) is 20.9. The molecule has 0 aliphatic rings. The summed E-state index contributed by atoms with van der Waals surface area (Å²) in [7, 11) is 1.79. The van der Waals surface area contributed by atoms with Crippen molar-refractivity contribution in [1.29, 1.82) is 0 Å². The zero-order valence-electron chi connectivity index (χ0n) is 10.4. The summed E-state index contributed by atoms with van der Waals surface area (Å²) in [5, 5.41) is 8.73. The number of aromatic nitrogens is 2. The van der Waals surface area contributed by atoms with Gasteiger partial charge in [-0.25, -0.2) is 9.97 Å². The average Bonchev–Trinajstić information content (AvgIpc) is 2.33. The van der Waals surface area contributed by atoms with Gasteiger partial charge in [0.1, 0.15) is 16.8 Å². The summed E-state index contributed by atoms with van der Waals surface area (Å²) in [6, 6.07) is 0. The van der Waals surface area contributed by atoms with Crippen LogP contribution in [0.2, 0.25) is 5.15 Å². The Morgan fingerprint density at radius 1 is 1.44 bits per heavy atom. The Morgan fingerprint density at radius 2 is 2.17 bits per heavy atom. The van der Waals surface area contributed by atoms with Gasteiger partial charge in [0, 0.05) is 13.6 Å². The van der Waals surface area contributed by atoms with E-state index in [1.165, 1.54) is 0 Å². The minimum Gasteiger partial charge on any atom is -0.394 e. The Kier molecular flexibility index (Phi) is 5.97. The third-order valence-corrected chi connectivity index (χ3v) is 2.57. The molecule has 0 amide bonds. The van der Waals surface area contributed by atoms with Crippen molar-refractivity contribution in [1.82, 2.24) is 9.97 Å². The molecule has 0 fully saturated rings. The van der Waals surface area contributed by atoms with Crippen molar-refractivity contribution in [2.24, 2.45) is 0 Å². The molecule has 0 unspecified atom stereocenters. The zero-order chi connectivity index (χ0) is 13.5. The van der Waals surface area contributed by atoms with E-state index in [0.717, 1.165) is 0 Å². The zero-order valence-corrected chi connectivity index (χ0v) is 11.1. The lowest BCUT2D eigenvalue weighted by Crippen LogP contribution is -2.25. The molecule has 0 aromatic carbocycles. The summed E-state index contributed by atoms with van der Waals surface area (Å²) in [5.74, 6) is 0.985. The van der Waals surface area contributed by atoms with Gasteiger partial charge in [-0.1, -0.05) is 11.6 Å². The van der Waals surface area contributed by atoms with E-state index < -0.39 is 0 Å². The smallest absolute Gasteiger partial charge is 0.156 e. The third-order valence-electron chi connectivity index (χ3n) is 2.28. The van der Waals surface area contributed by atoms with Crippen LogP contribution in [0.4, 0.5) is 5.82 Å². The summed E-state index contributed by atoms with van der Waals surface area (Å²) < 4.78 is 5.15. The number of carbonyl (C=O) groups excluding carboxylic acids is 1. The van der Waals surface area contributed by atoms with E-state index >= 15 is 0 Å². The highest BCUT2D eigenvalue weighted by Gasteiger charge is 2.14. The Balaban J connectivity index is 2.77. The monoisotopic (exact) mass is 273 g/mol. The van der Waals surface area contributed by atoms with Crippen LogP contribution in [0, 0.1) is 6.92 Å². The minimum absolute atomic E-state index is 0.0122. The number of hydrogen-bond donors (Lipinski definition) is 1. The molecule has 0 aliphatic carbocycles. The van der Waals surface area contributed by atoms with Crippen LogP contribution in [0.5, 0.6) is 0 Å². The maximum atomic E-state index is 11.0. The van der Waals surface area contributed by atoms with Crippen molar-refractivity contribution in [3.63, 3.8) is 0 Å². The highest BCUT2D eigenvalue weighted by Crippen LogP contribution is 2.21. The fourth-order valence-corrected chi connectivity index (χ4v) is 1.65. The first-order chi connectivity index (χ1) is 8.60. The predicted molar refractivity (Wildman–Crippen MR) is 68.3 cm³/mol. The van der Waals surface area contributed by atoms with E-state index in [2.05, 4.69) is 9.97 Å². The number of anilines is 1. The maximum Gasteiger partial charge on any atom is 0.156 e. The average molecular weight is 274 g/mol. The second-order valence-electron chi connectivity index (χ2n) is 3.67. The highest BCUT2D eigenvalue weighted by atomic mass is 35.5. The molecule has 6 nitrogen and oxygen atoms in total. The van der Waals surface area contributed by atoms with E-state index in [1.54, 1.807) is 18.9 Å². The maximum absolute atomic E-state index is 11.0. The summed E-state index contributed by atoms with van der Waals surface area (Å²) in [6.45, 7) is 2.95. The number of rotatable bonds is 7. The molecule has 18 heavy (non-hydrogen) atoms. The van der Waals surface area contributed by atoms with Gasteiger partial charge in [0.25, 0.3) is 0 Å². The topological polar surface area (TPSA) is 75.6 Å². The van der Waals surface area contributed by atoms with Gasteiger partial charge in [0.15, 0.2) is 6.29 Å². The number of halogens is 1. The van der Waals surface area contributed by atoms with Crippen LogP contribution < -0.4 is 4.90 Å². The molecule has 7 heteroatoms. The molecule has 0 bridgehead atoms. The number of aliphatic hydroxyl groups is 1. The second-order valence-corrected chi connectivity index (χ2v) is 4.03. The lowest BCUT2D eigenvalue weighted by Gasteiger charge is -2.20. The van der Waals surface area contributed by atoms with Gasteiger partial charge in [-0.3, -0.25) is 4.79 Å². The number of likely N-dealkylation sites (N-methyl/N-ethyl adjacent to an activating group) is 1. The first kappa shape index (κ1) is 14.8. The Hall–Kier alpha value is -1.24. The van der Waals surface area contributed by atoms with Crippen LogP contribution in [0.3, 0.4) is 0 Å². The van der Waals surface area contributed by atoms with Gasteiger partial charge in [0.2, 0.25) is 0 Å². The van der Waals surface area contributed by atoms with Crippen molar-refractivity contribution in [2.75, 3.05) is 38.3 Å². The number of aldehydes is 1. The van der Waals surface area contributed by atoms with E-state index in [0.29, 0.717) is 31.1 Å². The molecule has 0 radical (unpaired) electrons. The van der Waals surface area contributed by atoms with Crippen LogP contribution >= 0.6 is 11.6 Å². The van der Waals surface area contributed by atoms with E-state index in [4.69, 9.17) is 21.4 Å². The van der Waals surface area contributed by atoms with Gasteiger partial charge in [-0.15, -0.1) is 0 Å². The normalized spacial score (nSPS) is 10.4. The molecule has 0 spiro atoms. The molecule has 1 rings (SSSR count). The van der Waals surface area contributed by atoms with Crippen molar-refractivity contribution in [3.8, 4) is 0 Å². The van der Waals surface area contributed by atoms with Gasteiger partial charge >= 0.3 is 0 Å². The molecule has 1 N–H and O–H groups in total. The second kappa shape index (κ2) is 7.25. The number of aryl methyl sites for hydroxylation is 1. The van der Waals surface area contributed by atoms with Gasteiger partial charge in [-0.2, -0.15) is 0 Å². The molecule has 0 atom stereocenters. The van der Waals surface area contributed by atoms with Gasteiger partial charge in [-0.05, 0) is 6.92 Å². The highest BCUT2D eigenvalue weighted by molar-refractivity contribution is 6.32. The molecule has 100 valence electrons. The molecule has 0 saturated heterocycles. The Morgan fingerprint density at radius 3 is 2.78 bits per heavy atom. The van der Waals surface area contributed by atoms with Crippen LogP contribution in [-0.2, 0) is 4.74 Å². The lowest BCUT2D eigenvalue weighted by atomic mass is 10.3. The lowest BCUT2D eigenvalue weighted by molar-refractivity contribution is 0.0970. The quantitative estimate of drug-likeness (QED) is 0.448. The molecule has 1 aromatic heterocycles. The van der Waals surface area contributed by atoms with Crippen LogP contribution in [0.1, 0.15) is 16.2 Å². The van der Waals surface area contributed by atoms with Crippen molar-refractivity contribution in [2.45, 2.75) is 6.92 Å². The van der Waals surface area contributed by atoms with Gasteiger partial charge < -0.3 is 14.7 Å². The number of nitrogens with zero attached hydrogens (tertiary/aromatic N) is 3. The Bertz CT molecular complexity index is 415. The fraction of sp³-hybridized carbons (Fsp3) is 0.545. The summed E-state index contributed by atoms with van der Waals surface area (Å²) in [6.07, 6.45) is 0.641. The first-order valence-corrected chi connectivity index (χ1v) is 5.87. The summed E-state index contributed by atoms with van der Waals surface area (Å²) in [5.41, 5.74) is 0.270. The van der Waals surface area contributed by atoms with Crippen LogP contribution in [0.15, 0.2) is 0 Å². The molecule has 1 aromatic rings. The van der Waals surface area contributed by atoms with Gasteiger partial charge in [0.05, 0.1) is 25.4 Å². The van der Waals surface area contributed by atoms with Crippen LogP contribution in [0.25, 0.3) is 0 Å². The third kappa shape index (κ3) is 3.90. The van der Waals surface area contributed by atoms with Crippen molar-refractivity contribution in [3.05, 3.63) is 16.5 Å². The molecule has 0 saturated carbocycles. The summed E-state index contributed by atoms with van der Waals surface area (Å²) >= 11 is 5.89. The SMILES string of the molecule is Cc1nc(Cl)c(C=O)c(N(C)CCOCCO)n1. The first-order valence-electron chi connectivity index (χ1n) is 5.49. The predicted octanol–water partition coefficient (Wildman–Crippen LogP) is 0.696. The van der Waals surface area contributed by atoms with Crippen molar-refractivity contribution < 1.29 is 14.6 Å². The van der Waals surface area contributed by atoms with E-state index in [-0.39, 0.29) is 23.9 Å². The number of carbonyl (C=O) groups is 1. The number of aliphatic hydroxyl groups excluding tert-OH is 1. The van der Waals surface area contributed by atoms with Crippen molar-refractivity contribution >= 4 is 23.7 Å². The fourth-order valence-electron chi connectivity index (χ4n) is 1.40. The number of ether oxygens (including phenoxy) is 1.